The molecule has 0 radical (unpaired) electrons. The number of ether oxygens (including phenoxy) is 1. The summed E-state index contributed by atoms with van der Waals surface area (Å²) in [5.41, 5.74) is 4.52. The monoisotopic (exact) mass is 350 g/mol. The Morgan fingerprint density at radius 2 is 1.92 bits per heavy atom. The highest BCUT2D eigenvalue weighted by Crippen LogP contribution is 2.40. The van der Waals surface area contributed by atoms with Crippen LogP contribution >= 0.6 is 0 Å². The summed E-state index contributed by atoms with van der Waals surface area (Å²) in [4.78, 5) is 26.4. The highest BCUT2D eigenvalue weighted by atomic mass is 16.5. The number of aryl methyl sites for hydroxylation is 2. The number of aromatic nitrogens is 4. The minimum atomic E-state index is -0.0152. The first-order chi connectivity index (χ1) is 12.5. The van der Waals surface area contributed by atoms with Crippen molar-refractivity contribution in [1.82, 2.24) is 19.5 Å². The van der Waals surface area contributed by atoms with Crippen LogP contribution in [0.25, 0.3) is 22.3 Å². The highest BCUT2D eigenvalue weighted by Gasteiger charge is 2.31. The van der Waals surface area contributed by atoms with E-state index < -0.39 is 0 Å². The fraction of sp³-hybridized carbons (Fsp3) is 0.400. The van der Waals surface area contributed by atoms with Crippen LogP contribution in [0.15, 0.2) is 29.2 Å². The van der Waals surface area contributed by atoms with Gasteiger partial charge in [-0.1, -0.05) is 0 Å². The van der Waals surface area contributed by atoms with Crippen LogP contribution in [0, 0.1) is 19.8 Å². The second-order valence-electron chi connectivity index (χ2n) is 6.96. The number of methoxy groups -OCH3 is 1. The highest BCUT2D eigenvalue weighted by molar-refractivity contribution is 5.90. The van der Waals surface area contributed by atoms with Crippen molar-refractivity contribution >= 4 is 11.0 Å². The molecular formula is C20H22N4O2. The molecule has 26 heavy (non-hydrogen) atoms. The average molecular weight is 350 g/mol. The molecule has 3 heterocycles. The first kappa shape index (κ1) is 16.7. The number of fused-ring (bicyclic) bond motifs is 1. The average Bonchev–Trinajstić information content (AvgIpc) is 3.47. The van der Waals surface area contributed by atoms with E-state index in [1.807, 2.05) is 29.7 Å². The summed E-state index contributed by atoms with van der Waals surface area (Å²) >= 11 is 0. The summed E-state index contributed by atoms with van der Waals surface area (Å²) in [6.07, 6.45) is 4.10. The molecule has 0 aliphatic heterocycles. The van der Waals surface area contributed by atoms with E-state index in [2.05, 4.69) is 21.9 Å². The summed E-state index contributed by atoms with van der Waals surface area (Å²) in [5.74, 6) is 1.13. The van der Waals surface area contributed by atoms with Crippen molar-refractivity contribution in [2.24, 2.45) is 5.92 Å². The van der Waals surface area contributed by atoms with Gasteiger partial charge in [-0.15, -0.1) is 0 Å². The quantitative estimate of drug-likeness (QED) is 0.721. The van der Waals surface area contributed by atoms with Crippen LogP contribution in [0.4, 0.5) is 0 Å². The minimum Gasteiger partial charge on any atom is -0.481 e. The van der Waals surface area contributed by atoms with Gasteiger partial charge < -0.3 is 9.30 Å². The standard InChI is InChI=1S/C20H22N4O2/c1-11-15(7-8-17(22-11)26-4)18-19-16(9-10-21-18)24(13(3)14-5-6-14)20(25)12(2)23-19/h7-10,13-14H,5-6H2,1-4H3. The van der Waals surface area contributed by atoms with Crippen molar-refractivity contribution in [3.63, 3.8) is 0 Å². The van der Waals surface area contributed by atoms with Gasteiger partial charge in [0.2, 0.25) is 5.88 Å². The molecule has 1 aliphatic carbocycles. The van der Waals surface area contributed by atoms with Gasteiger partial charge in [-0.05, 0) is 51.7 Å². The molecule has 3 aromatic heterocycles. The topological polar surface area (TPSA) is 69.9 Å². The number of hydrogen-bond donors (Lipinski definition) is 0. The molecule has 1 aliphatic rings. The van der Waals surface area contributed by atoms with E-state index in [0.717, 1.165) is 28.0 Å². The molecule has 1 saturated carbocycles. The molecule has 6 heteroatoms. The Morgan fingerprint density at radius 3 is 2.58 bits per heavy atom. The summed E-state index contributed by atoms with van der Waals surface area (Å²) < 4.78 is 7.10. The van der Waals surface area contributed by atoms with Gasteiger partial charge in [-0.2, -0.15) is 0 Å². The number of pyridine rings is 2. The minimum absolute atomic E-state index is 0.0152. The van der Waals surface area contributed by atoms with Gasteiger partial charge in [-0.3, -0.25) is 9.78 Å². The Hall–Kier alpha value is -2.76. The molecule has 1 atom stereocenters. The first-order valence-corrected chi connectivity index (χ1v) is 8.91. The maximum Gasteiger partial charge on any atom is 0.272 e. The van der Waals surface area contributed by atoms with Gasteiger partial charge in [0.25, 0.3) is 5.56 Å². The Kier molecular flexibility index (Phi) is 3.98. The van der Waals surface area contributed by atoms with Crippen molar-refractivity contribution in [1.29, 1.82) is 0 Å². The molecule has 1 fully saturated rings. The zero-order valence-corrected chi connectivity index (χ0v) is 15.5. The maximum absolute atomic E-state index is 12.8. The Balaban J connectivity index is 1.99. The molecule has 0 amide bonds. The van der Waals surface area contributed by atoms with Crippen LogP contribution in [-0.2, 0) is 0 Å². The molecule has 0 saturated heterocycles. The van der Waals surface area contributed by atoms with Crippen molar-refractivity contribution in [2.45, 2.75) is 39.7 Å². The van der Waals surface area contributed by atoms with Crippen LogP contribution in [0.1, 0.15) is 37.2 Å². The molecule has 1 unspecified atom stereocenters. The molecule has 0 aromatic carbocycles. The molecule has 0 N–H and O–H groups in total. The normalized spacial score (nSPS) is 15.2. The third-order valence-electron chi connectivity index (χ3n) is 5.21. The zero-order valence-electron chi connectivity index (χ0n) is 15.5. The predicted octanol–water partition coefficient (Wildman–Crippen LogP) is 3.45. The van der Waals surface area contributed by atoms with Crippen LogP contribution in [-0.4, -0.2) is 26.6 Å². The van der Waals surface area contributed by atoms with Gasteiger partial charge >= 0.3 is 0 Å². The van der Waals surface area contributed by atoms with E-state index in [1.54, 1.807) is 20.2 Å². The molecule has 134 valence electrons. The lowest BCUT2D eigenvalue weighted by Gasteiger charge is -2.19. The first-order valence-electron chi connectivity index (χ1n) is 8.91. The van der Waals surface area contributed by atoms with Crippen molar-refractivity contribution < 1.29 is 4.74 Å². The second-order valence-corrected chi connectivity index (χ2v) is 6.96. The van der Waals surface area contributed by atoms with Crippen molar-refractivity contribution in [2.75, 3.05) is 7.11 Å². The van der Waals surface area contributed by atoms with E-state index in [9.17, 15) is 4.79 Å². The molecular weight excluding hydrogens is 328 g/mol. The number of rotatable bonds is 4. The van der Waals surface area contributed by atoms with E-state index in [1.165, 1.54) is 12.8 Å². The van der Waals surface area contributed by atoms with Gasteiger partial charge in [-0.25, -0.2) is 9.97 Å². The molecule has 0 spiro atoms. The lowest BCUT2D eigenvalue weighted by Crippen LogP contribution is -2.28. The Bertz CT molecular complexity index is 1050. The Morgan fingerprint density at radius 1 is 1.15 bits per heavy atom. The van der Waals surface area contributed by atoms with E-state index >= 15 is 0 Å². The molecule has 0 bridgehead atoms. The van der Waals surface area contributed by atoms with Crippen molar-refractivity contribution in [3.8, 4) is 17.1 Å². The van der Waals surface area contributed by atoms with Crippen LogP contribution < -0.4 is 10.3 Å². The number of nitrogens with zero attached hydrogens (tertiary/aromatic N) is 4. The molecule has 4 rings (SSSR count). The van der Waals surface area contributed by atoms with Crippen LogP contribution in [0.2, 0.25) is 0 Å². The fourth-order valence-electron chi connectivity index (χ4n) is 3.54. The SMILES string of the molecule is COc1ccc(-c2nccc3c2nc(C)c(=O)n3C(C)C2CC2)c(C)n1. The predicted molar refractivity (Wildman–Crippen MR) is 100 cm³/mol. The largest absolute Gasteiger partial charge is 0.481 e. The van der Waals surface area contributed by atoms with Crippen molar-refractivity contribution in [3.05, 3.63) is 46.1 Å². The smallest absolute Gasteiger partial charge is 0.272 e. The second kappa shape index (κ2) is 6.20. The summed E-state index contributed by atoms with van der Waals surface area (Å²) in [5, 5.41) is 0. The fourth-order valence-corrected chi connectivity index (χ4v) is 3.54. The van der Waals surface area contributed by atoms with Crippen LogP contribution in [0.3, 0.4) is 0 Å². The summed E-state index contributed by atoms with van der Waals surface area (Å²) in [6, 6.07) is 5.81. The molecule has 3 aromatic rings. The third-order valence-corrected chi connectivity index (χ3v) is 5.21. The Labute approximate surface area is 151 Å². The lowest BCUT2D eigenvalue weighted by atomic mass is 10.1. The maximum atomic E-state index is 12.8. The van der Waals surface area contributed by atoms with Gasteiger partial charge in [0.05, 0.1) is 24.0 Å². The van der Waals surface area contributed by atoms with E-state index in [4.69, 9.17) is 4.74 Å². The summed E-state index contributed by atoms with van der Waals surface area (Å²) in [7, 11) is 1.60. The summed E-state index contributed by atoms with van der Waals surface area (Å²) in [6.45, 7) is 5.82. The van der Waals surface area contributed by atoms with Gasteiger partial charge in [0.15, 0.2) is 0 Å². The zero-order chi connectivity index (χ0) is 18.4. The van der Waals surface area contributed by atoms with Gasteiger partial charge in [0, 0.05) is 23.9 Å². The molecule has 6 nitrogen and oxygen atoms in total. The van der Waals surface area contributed by atoms with Crippen LogP contribution in [0.5, 0.6) is 5.88 Å². The lowest BCUT2D eigenvalue weighted by molar-refractivity contribution is 0.397. The third kappa shape index (κ3) is 2.66. The number of hydrogen-bond acceptors (Lipinski definition) is 5. The van der Waals surface area contributed by atoms with E-state index in [0.29, 0.717) is 17.5 Å². The van der Waals surface area contributed by atoms with E-state index in [-0.39, 0.29) is 11.6 Å². The van der Waals surface area contributed by atoms with Gasteiger partial charge in [0.1, 0.15) is 11.2 Å².